The molecule has 1 rings (SSSR count). The Hall–Kier alpha value is -1.97. The van der Waals surface area contributed by atoms with Gasteiger partial charge in [0.2, 0.25) is 0 Å². The molecule has 0 spiro atoms. The minimum absolute atomic E-state index is 0.0128. The molecular weight excluding hydrogens is 310 g/mol. The highest BCUT2D eigenvalue weighted by molar-refractivity contribution is 5.68. The van der Waals surface area contributed by atoms with Crippen molar-refractivity contribution in [1.82, 2.24) is 10.2 Å². The van der Waals surface area contributed by atoms with Crippen molar-refractivity contribution in [3.8, 4) is 6.07 Å². The highest BCUT2D eigenvalue weighted by atomic mass is 16.6. The lowest BCUT2D eigenvalue weighted by Crippen LogP contribution is -2.48. The Labute approximate surface area is 144 Å². The summed E-state index contributed by atoms with van der Waals surface area (Å²) < 4.78 is 10.5. The summed E-state index contributed by atoms with van der Waals surface area (Å²) in [5.74, 6) is -0.359. The van der Waals surface area contributed by atoms with Gasteiger partial charge in [-0.1, -0.05) is 0 Å². The van der Waals surface area contributed by atoms with Crippen LogP contribution < -0.4 is 5.32 Å². The van der Waals surface area contributed by atoms with E-state index in [2.05, 4.69) is 11.4 Å². The molecule has 1 saturated heterocycles. The van der Waals surface area contributed by atoms with Crippen LogP contribution in [0.1, 0.15) is 48.0 Å². The monoisotopic (exact) mass is 339 g/mol. The Morgan fingerprint density at radius 3 is 2.25 bits per heavy atom. The Kier molecular flexibility index (Phi) is 6.47. The van der Waals surface area contributed by atoms with Gasteiger partial charge in [-0.3, -0.25) is 0 Å². The zero-order chi connectivity index (χ0) is 18.5. The third-order valence-corrected chi connectivity index (χ3v) is 3.48. The van der Waals surface area contributed by atoms with E-state index < -0.39 is 23.4 Å². The molecule has 1 aliphatic heterocycles. The van der Waals surface area contributed by atoms with Gasteiger partial charge in [-0.25, -0.2) is 9.59 Å². The van der Waals surface area contributed by atoms with Crippen LogP contribution in [0.2, 0.25) is 0 Å². The summed E-state index contributed by atoms with van der Waals surface area (Å²) in [4.78, 5) is 25.4. The molecule has 0 aliphatic carbocycles. The first-order valence-electron chi connectivity index (χ1n) is 8.25. The molecule has 0 aromatic rings. The predicted octanol–water partition coefficient (Wildman–Crippen LogP) is 2.91. The van der Waals surface area contributed by atoms with Crippen molar-refractivity contribution in [2.45, 2.75) is 59.2 Å². The molecule has 1 aliphatic rings. The fourth-order valence-corrected chi connectivity index (χ4v) is 2.41. The van der Waals surface area contributed by atoms with Gasteiger partial charge in [0.1, 0.15) is 11.2 Å². The van der Waals surface area contributed by atoms with Gasteiger partial charge < -0.3 is 19.7 Å². The number of nitrogens with one attached hydrogen (secondary N) is 1. The summed E-state index contributed by atoms with van der Waals surface area (Å²) in [6.45, 7) is 12.0. The molecule has 0 unspecified atom stereocenters. The maximum Gasteiger partial charge on any atom is 0.410 e. The molecule has 136 valence electrons. The third-order valence-electron chi connectivity index (χ3n) is 3.48. The number of nitriles is 1. The number of nitrogens with zero attached hydrogens (tertiary/aromatic N) is 2. The van der Waals surface area contributed by atoms with E-state index in [-0.39, 0.29) is 11.8 Å². The number of piperidine rings is 1. The van der Waals surface area contributed by atoms with Gasteiger partial charge in [0.05, 0.1) is 12.0 Å². The van der Waals surface area contributed by atoms with E-state index in [0.29, 0.717) is 26.1 Å². The lowest BCUT2D eigenvalue weighted by molar-refractivity contribution is 0.0134. The Morgan fingerprint density at radius 2 is 1.75 bits per heavy atom. The van der Waals surface area contributed by atoms with E-state index in [0.717, 1.165) is 0 Å². The maximum absolute atomic E-state index is 12.1. The first-order valence-corrected chi connectivity index (χ1v) is 8.25. The SMILES string of the molecule is CC(C)(C)OC(=O)NC[C@@H]1CCN(C(=O)OC(C)(C)C)C[C@H]1C#N. The Bertz CT molecular complexity index is 499. The second kappa shape index (κ2) is 7.73. The molecule has 1 N–H and O–H groups in total. The standard InChI is InChI=1S/C17H29N3O4/c1-16(2,3)23-14(21)19-10-12-7-8-20(11-13(12)9-18)15(22)24-17(4,5)6/h12-13H,7-8,10-11H2,1-6H3,(H,19,21)/t12-,13+/m0/s1. The first-order chi connectivity index (χ1) is 10.9. The summed E-state index contributed by atoms with van der Waals surface area (Å²) in [5, 5.41) is 12.1. The second-order valence-electron chi connectivity index (χ2n) is 8.09. The van der Waals surface area contributed by atoms with Crippen LogP contribution in [0.5, 0.6) is 0 Å². The van der Waals surface area contributed by atoms with E-state index >= 15 is 0 Å². The molecule has 0 radical (unpaired) electrons. The number of carbonyl (C=O) groups is 2. The molecule has 0 aromatic heterocycles. The van der Waals surface area contributed by atoms with Crippen LogP contribution in [-0.4, -0.2) is 47.9 Å². The minimum Gasteiger partial charge on any atom is -0.444 e. The molecule has 1 heterocycles. The van der Waals surface area contributed by atoms with Crippen LogP contribution in [0.4, 0.5) is 9.59 Å². The number of hydrogen-bond donors (Lipinski definition) is 1. The molecule has 0 bridgehead atoms. The summed E-state index contributed by atoms with van der Waals surface area (Å²) in [5.41, 5.74) is -1.12. The summed E-state index contributed by atoms with van der Waals surface area (Å²) in [7, 11) is 0. The molecular formula is C17H29N3O4. The van der Waals surface area contributed by atoms with Gasteiger partial charge >= 0.3 is 12.2 Å². The lowest BCUT2D eigenvalue weighted by Gasteiger charge is -2.36. The van der Waals surface area contributed by atoms with Crippen LogP contribution >= 0.6 is 0 Å². The summed E-state index contributed by atoms with van der Waals surface area (Å²) in [6, 6.07) is 2.23. The fourth-order valence-electron chi connectivity index (χ4n) is 2.41. The topological polar surface area (TPSA) is 91.7 Å². The van der Waals surface area contributed by atoms with Gasteiger partial charge in [0.15, 0.2) is 0 Å². The molecule has 2 atom stereocenters. The van der Waals surface area contributed by atoms with Crippen molar-refractivity contribution < 1.29 is 19.1 Å². The average molecular weight is 339 g/mol. The molecule has 24 heavy (non-hydrogen) atoms. The molecule has 2 amide bonds. The number of carbonyl (C=O) groups excluding carboxylic acids is 2. The number of alkyl carbamates (subject to hydrolysis) is 1. The average Bonchev–Trinajstić information content (AvgIpc) is 2.41. The lowest BCUT2D eigenvalue weighted by atomic mass is 9.86. The largest absolute Gasteiger partial charge is 0.444 e. The van der Waals surface area contributed by atoms with Crippen LogP contribution in [0, 0.1) is 23.2 Å². The predicted molar refractivity (Wildman–Crippen MR) is 89.3 cm³/mol. The number of likely N-dealkylation sites (tertiary alicyclic amines) is 1. The fraction of sp³-hybridized carbons (Fsp3) is 0.824. The van der Waals surface area contributed by atoms with Crippen LogP contribution in [0.15, 0.2) is 0 Å². The zero-order valence-corrected chi connectivity index (χ0v) is 15.5. The van der Waals surface area contributed by atoms with Crippen molar-refractivity contribution in [3.05, 3.63) is 0 Å². The molecule has 7 nitrogen and oxygen atoms in total. The van der Waals surface area contributed by atoms with Crippen LogP contribution in [0.25, 0.3) is 0 Å². The quantitative estimate of drug-likeness (QED) is 0.835. The number of ether oxygens (including phenoxy) is 2. The number of hydrogen-bond acceptors (Lipinski definition) is 5. The zero-order valence-electron chi connectivity index (χ0n) is 15.5. The van der Waals surface area contributed by atoms with E-state index in [4.69, 9.17) is 9.47 Å². The van der Waals surface area contributed by atoms with Gasteiger partial charge in [-0.15, -0.1) is 0 Å². The minimum atomic E-state index is -0.561. The van der Waals surface area contributed by atoms with Crippen molar-refractivity contribution in [2.75, 3.05) is 19.6 Å². The van der Waals surface area contributed by atoms with Crippen molar-refractivity contribution in [3.63, 3.8) is 0 Å². The van der Waals surface area contributed by atoms with Crippen molar-refractivity contribution >= 4 is 12.2 Å². The second-order valence-corrected chi connectivity index (χ2v) is 8.09. The van der Waals surface area contributed by atoms with Gasteiger partial charge in [0, 0.05) is 19.6 Å². The van der Waals surface area contributed by atoms with Crippen molar-refractivity contribution in [1.29, 1.82) is 5.26 Å². The van der Waals surface area contributed by atoms with E-state index in [1.54, 1.807) is 25.7 Å². The molecule has 0 saturated carbocycles. The highest BCUT2D eigenvalue weighted by Gasteiger charge is 2.34. The number of rotatable bonds is 2. The molecule has 1 fully saturated rings. The normalized spacial score (nSPS) is 21.6. The van der Waals surface area contributed by atoms with Gasteiger partial charge in [0.25, 0.3) is 0 Å². The molecule has 7 heteroatoms. The number of amides is 2. The summed E-state index contributed by atoms with van der Waals surface area (Å²) >= 11 is 0. The Morgan fingerprint density at radius 1 is 1.17 bits per heavy atom. The Balaban J connectivity index is 2.53. The van der Waals surface area contributed by atoms with E-state index in [9.17, 15) is 14.9 Å². The smallest absolute Gasteiger partial charge is 0.410 e. The highest BCUT2D eigenvalue weighted by Crippen LogP contribution is 2.24. The summed E-state index contributed by atoms with van der Waals surface area (Å²) in [6.07, 6.45) is -0.261. The van der Waals surface area contributed by atoms with Crippen LogP contribution in [0.3, 0.4) is 0 Å². The van der Waals surface area contributed by atoms with Gasteiger partial charge in [-0.2, -0.15) is 5.26 Å². The van der Waals surface area contributed by atoms with Gasteiger partial charge in [-0.05, 0) is 53.9 Å². The van der Waals surface area contributed by atoms with E-state index in [1.807, 2.05) is 20.8 Å². The van der Waals surface area contributed by atoms with Crippen LogP contribution in [-0.2, 0) is 9.47 Å². The van der Waals surface area contributed by atoms with E-state index in [1.165, 1.54) is 0 Å². The molecule has 0 aromatic carbocycles. The first kappa shape index (κ1) is 20.1. The van der Waals surface area contributed by atoms with Crippen molar-refractivity contribution in [2.24, 2.45) is 11.8 Å². The third kappa shape index (κ3) is 7.07. The maximum atomic E-state index is 12.1.